The van der Waals surface area contributed by atoms with E-state index in [2.05, 4.69) is 15.0 Å². The first-order valence-electron chi connectivity index (χ1n) is 6.55. The fourth-order valence-corrected chi connectivity index (χ4v) is 1.97. The zero-order valence-corrected chi connectivity index (χ0v) is 12.1. The van der Waals surface area contributed by atoms with Crippen LogP contribution < -0.4 is 5.59 Å². The molecule has 0 atom stereocenters. The number of hydrogen-bond acceptors (Lipinski definition) is 5. The van der Waals surface area contributed by atoms with Crippen LogP contribution in [-0.4, -0.2) is 37.8 Å². The highest BCUT2D eigenvalue weighted by molar-refractivity contribution is 6.61. The van der Waals surface area contributed by atoms with Gasteiger partial charge in [0, 0.05) is 18.6 Å². The van der Waals surface area contributed by atoms with Gasteiger partial charge in [-0.05, 0) is 27.7 Å². The molecule has 0 unspecified atom stereocenters. The lowest BCUT2D eigenvalue weighted by molar-refractivity contribution is 0.00578. The molecular formula is C13H17BN4O2. The molecule has 7 heteroatoms. The molecule has 1 aliphatic heterocycles. The molecule has 0 amide bonds. The molecular weight excluding hydrogens is 255 g/mol. The third-order valence-electron chi connectivity index (χ3n) is 3.91. The van der Waals surface area contributed by atoms with Gasteiger partial charge in [-0.25, -0.2) is 9.97 Å². The van der Waals surface area contributed by atoms with E-state index in [-0.39, 0.29) is 11.2 Å². The Kier molecular flexibility index (Phi) is 2.91. The van der Waals surface area contributed by atoms with Crippen LogP contribution in [0.25, 0.3) is 5.82 Å². The van der Waals surface area contributed by atoms with Crippen LogP contribution >= 0.6 is 0 Å². The van der Waals surface area contributed by atoms with Crippen molar-refractivity contribution < 1.29 is 9.31 Å². The van der Waals surface area contributed by atoms with E-state index in [0.29, 0.717) is 5.82 Å². The Labute approximate surface area is 118 Å². The van der Waals surface area contributed by atoms with Gasteiger partial charge in [-0.15, -0.1) is 0 Å². The van der Waals surface area contributed by atoms with Gasteiger partial charge in [0.1, 0.15) is 0 Å². The van der Waals surface area contributed by atoms with E-state index < -0.39 is 7.12 Å². The Morgan fingerprint density at radius 1 is 1.05 bits per heavy atom. The van der Waals surface area contributed by atoms with Crippen molar-refractivity contribution in [3.05, 3.63) is 31.1 Å². The van der Waals surface area contributed by atoms with Crippen molar-refractivity contribution in [3.8, 4) is 5.82 Å². The van der Waals surface area contributed by atoms with Gasteiger partial charge in [-0.1, -0.05) is 0 Å². The van der Waals surface area contributed by atoms with Gasteiger partial charge in [0.25, 0.3) is 0 Å². The maximum Gasteiger partial charge on any atom is 0.516 e. The minimum atomic E-state index is -0.460. The third kappa shape index (κ3) is 2.12. The molecule has 0 aliphatic carbocycles. The molecule has 0 saturated carbocycles. The van der Waals surface area contributed by atoms with Crippen LogP contribution in [0.1, 0.15) is 27.7 Å². The molecule has 1 fully saturated rings. The van der Waals surface area contributed by atoms with E-state index in [1.807, 2.05) is 33.9 Å². The van der Waals surface area contributed by atoms with Gasteiger partial charge in [-0.2, -0.15) is 0 Å². The van der Waals surface area contributed by atoms with Crippen molar-refractivity contribution in [2.75, 3.05) is 0 Å². The fourth-order valence-electron chi connectivity index (χ4n) is 1.97. The van der Waals surface area contributed by atoms with E-state index in [4.69, 9.17) is 9.31 Å². The summed E-state index contributed by atoms with van der Waals surface area (Å²) >= 11 is 0. The summed E-state index contributed by atoms with van der Waals surface area (Å²) in [6, 6.07) is 0. The van der Waals surface area contributed by atoms with Gasteiger partial charge >= 0.3 is 7.12 Å². The molecule has 0 bridgehead atoms. The molecule has 2 aromatic heterocycles. The highest BCUT2D eigenvalue weighted by Gasteiger charge is 2.52. The fraction of sp³-hybridized carbons (Fsp3) is 0.462. The molecule has 104 valence electrons. The highest BCUT2D eigenvalue weighted by atomic mass is 16.7. The first-order chi connectivity index (χ1) is 9.39. The summed E-state index contributed by atoms with van der Waals surface area (Å²) in [6.45, 7) is 8.08. The number of aromatic nitrogens is 4. The number of hydrogen-bond donors (Lipinski definition) is 0. The predicted octanol–water partition coefficient (Wildman–Crippen LogP) is 0.961. The molecule has 0 spiro atoms. The van der Waals surface area contributed by atoms with Crippen molar-refractivity contribution in [1.82, 2.24) is 19.5 Å². The Morgan fingerprint density at radius 2 is 1.75 bits per heavy atom. The number of imidazole rings is 1. The van der Waals surface area contributed by atoms with Gasteiger partial charge < -0.3 is 9.31 Å². The largest absolute Gasteiger partial charge is 0.516 e. The molecule has 6 nitrogen and oxygen atoms in total. The molecule has 0 radical (unpaired) electrons. The SMILES string of the molecule is CC1(C)OB(c2cn(-c3cnccn3)cn2)OC1(C)C. The summed E-state index contributed by atoms with van der Waals surface area (Å²) in [5, 5.41) is 0. The molecule has 1 aliphatic rings. The van der Waals surface area contributed by atoms with Crippen molar-refractivity contribution in [2.24, 2.45) is 0 Å². The van der Waals surface area contributed by atoms with E-state index in [1.54, 1.807) is 29.5 Å². The first kappa shape index (κ1) is 13.3. The second kappa shape index (κ2) is 4.39. The summed E-state index contributed by atoms with van der Waals surface area (Å²) in [6.07, 6.45) is 8.49. The van der Waals surface area contributed by atoms with Gasteiger partial charge in [-0.3, -0.25) is 9.55 Å². The van der Waals surface area contributed by atoms with Crippen molar-refractivity contribution >= 4 is 12.7 Å². The van der Waals surface area contributed by atoms with Crippen LogP contribution in [0.5, 0.6) is 0 Å². The molecule has 0 N–H and O–H groups in total. The average Bonchev–Trinajstić information content (AvgIpc) is 2.94. The van der Waals surface area contributed by atoms with Crippen LogP contribution in [0, 0.1) is 0 Å². The van der Waals surface area contributed by atoms with Crippen molar-refractivity contribution in [2.45, 2.75) is 38.9 Å². The molecule has 0 aromatic carbocycles. The van der Waals surface area contributed by atoms with E-state index >= 15 is 0 Å². The second-order valence-corrected chi connectivity index (χ2v) is 5.86. The van der Waals surface area contributed by atoms with Gasteiger partial charge in [0.15, 0.2) is 5.82 Å². The highest BCUT2D eigenvalue weighted by Crippen LogP contribution is 2.36. The smallest absolute Gasteiger partial charge is 0.398 e. The Hall–Kier alpha value is -1.73. The molecule has 3 heterocycles. The van der Waals surface area contributed by atoms with Crippen LogP contribution in [0.3, 0.4) is 0 Å². The summed E-state index contributed by atoms with van der Waals surface area (Å²) in [4.78, 5) is 12.6. The minimum absolute atomic E-state index is 0.367. The first-order valence-corrected chi connectivity index (χ1v) is 6.55. The van der Waals surface area contributed by atoms with Crippen molar-refractivity contribution in [1.29, 1.82) is 0 Å². The van der Waals surface area contributed by atoms with Gasteiger partial charge in [0.2, 0.25) is 0 Å². The molecule has 1 saturated heterocycles. The average molecular weight is 272 g/mol. The maximum absolute atomic E-state index is 5.97. The van der Waals surface area contributed by atoms with Crippen molar-refractivity contribution in [3.63, 3.8) is 0 Å². The van der Waals surface area contributed by atoms with Crippen LogP contribution in [-0.2, 0) is 9.31 Å². The van der Waals surface area contributed by atoms with E-state index in [1.165, 1.54) is 0 Å². The summed E-state index contributed by atoms with van der Waals surface area (Å²) in [5.41, 5.74) is -0.00329. The standard InChI is InChI=1S/C13H17BN4O2/c1-12(2)13(3,4)20-14(19-12)10-8-18(9-17-10)11-7-15-5-6-16-11/h5-9H,1-4H3. The van der Waals surface area contributed by atoms with Crippen LogP contribution in [0.4, 0.5) is 0 Å². The molecule has 3 rings (SSSR count). The zero-order chi connectivity index (χ0) is 14.4. The molecule has 20 heavy (non-hydrogen) atoms. The second-order valence-electron chi connectivity index (χ2n) is 5.86. The summed E-state index contributed by atoms with van der Waals surface area (Å²) in [7, 11) is -0.460. The lowest BCUT2D eigenvalue weighted by Crippen LogP contribution is -2.41. The van der Waals surface area contributed by atoms with Crippen LogP contribution in [0.2, 0.25) is 0 Å². The minimum Gasteiger partial charge on any atom is -0.398 e. The van der Waals surface area contributed by atoms with E-state index in [9.17, 15) is 0 Å². The lowest BCUT2D eigenvalue weighted by atomic mass is 9.86. The van der Waals surface area contributed by atoms with E-state index in [0.717, 1.165) is 5.59 Å². The Morgan fingerprint density at radius 3 is 2.35 bits per heavy atom. The Bertz CT molecular complexity index is 596. The Balaban J connectivity index is 1.86. The summed E-state index contributed by atoms with van der Waals surface area (Å²) in [5.74, 6) is 0.711. The molecule has 2 aromatic rings. The third-order valence-corrected chi connectivity index (χ3v) is 3.91. The van der Waals surface area contributed by atoms with Gasteiger partial charge in [0.05, 0.1) is 29.3 Å². The zero-order valence-electron chi connectivity index (χ0n) is 12.1. The summed E-state index contributed by atoms with van der Waals surface area (Å²) < 4.78 is 13.7. The predicted molar refractivity (Wildman–Crippen MR) is 74.9 cm³/mol. The quantitative estimate of drug-likeness (QED) is 0.762. The monoisotopic (exact) mass is 272 g/mol. The number of nitrogens with zero attached hydrogens (tertiary/aromatic N) is 4. The topological polar surface area (TPSA) is 62.1 Å². The van der Waals surface area contributed by atoms with Crippen LogP contribution in [0.15, 0.2) is 31.1 Å². The number of rotatable bonds is 2. The normalized spacial score (nSPS) is 20.3. The maximum atomic E-state index is 5.97. The lowest BCUT2D eigenvalue weighted by Gasteiger charge is -2.32.